The number of carbonyl (C=O) groups is 1. The predicted octanol–water partition coefficient (Wildman–Crippen LogP) is 5.94. The van der Waals surface area contributed by atoms with Crippen molar-refractivity contribution in [3.8, 4) is 16.9 Å². The first-order valence-electron chi connectivity index (χ1n) is 14.4. The average molecular weight is 630 g/mol. The van der Waals surface area contributed by atoms with Gasteiger partial charge in [-0.1, -0.05) is 18.2 Å². The molecular weight excluding hydrogens is 597 g/mol. The number of alkyl halides is 3. The average Bonchev–Trinajstić information content (AvgIpc) is 3.41. The van der Waals surface area contributed by atoms with Crippen LogP contribution in [-0.2, 0) is 17.9 Å². The molecule has 2 aliphatic rings. The molecular formula is C33H32F5N3O4. The summed E-state index contributed by atoms with van der Waals surface area (Å²) in [6.45, 7) is 3.87. The maximum absolute atomic E-state index is 14.8. The van der Waals surface area contributed by atoms with Crippen LogP contribution < -0.4 is 15.6 Å². The van der Waals surface area contributed by atoms with Gasteiger partial charge in [-0.3, -0.25) is 4.79 Å². The molecule has 0 saturated carbocycles. The molecule has 1 fully saturated rings. The van der Waals surface area contributed by atoms with Crippen molar-refractivity contribution in [1.82, 2.24) is 14.8 Å². The molecule has 238 valence electrons. The molecule has 0 amide bonds. The third kappa shape index (κ3) is 7.34. The van der Waals surface area contributed by atoms with Crippen molar-refractivity contribution in [3.05, 3.63) is 99.8 Å². The number of methoxy groups -OCH3 is 1. The maximum Gasteiger partial charge on any atom is 0.490 e. The smallest absolute Gasteiger partial charge is 0.490 e. The van der Waals surface area contributed by atoms with E-state index in [0.29, 0.717) is 23.9 Å². The minimum absolute atomic E-state index is 0.0131. The van der Waals surface area contributed by atoms with E-state index in [2.05, 4.69) is 22.3 Å². The van der Waals surface area contributed by atoms with Crippen molar-refractivity contribution in [1.29, 1.82) is 0 Å². The molecule has 12 heteroatoms. The highest BCUT2D eigenvalue weighted by atomic mass is 19.4. The van der Waals surface area contributed by atoms with Gasteiger partial charge in [0, 0.05) is 48.8 Å². The van der Waals surface area contributed by atoms with E-state index in [1.807, 2.05) is 12.1 Å². The first-order valence-corrected chi connectivity index (χ1v) is 14.4. The third-order valence-corrected chi connectivity index (χ3v) is 8.25. The van der Waals surface area contributed by atoms with Gasteiger partial charge in [-0.2, -0.15) is 13.2 Å². The largest absolute Gasteiger partial charge is 0.496 e. The minimum Gasteiger partial charge on any atom is -0.496 e. The Labute approximate surface area is 255 Å². The van der Waals surface area contributed by atoms with Crippen LogP contribution in [0.2, 0.25) is 0 Å². The van der Waals surface area contributed by atoms with Crippen LogP contribution in [-0.4, -0.2) is 59.5 Å². The Kier molecular flexibility index (Phi) is 9.54. The van der Waals surface area contributed by atoms with Crippen LogP contribution in [0.15, 0.2) is 71.5 Å². The summed E-state index contributed by atoms with van der Waals surface area (Å²) in [4.78, 5) is 23.7. The summed E-state index contributed by atoms with van der Waals surface area (Å²) in [5.74, 6) is -2.62. The van der Waals surface area contributed by atoms with Crippen molar-refractivity contribution in [2.24, 2.45) is 0 Å². The van der Waals surface area contributed by atoms with Gasteiger partial charge in [0.1, 0.15) is 17.4 Å². The molecule has 2 N–H and O–H groups in total. The lowest BCUT2D eigenvalue weighted by atomic mass is 9.96. The molecule has 0 bridgehead atoms. The zero-order chi connectivity index (χ0) is 32.3. The monoisotopic (exact) mass is 629 g/mol. The van der Waals surface area contributed by atoms with E-state index >= 15 is 0 Å². The number of hydrogen-bond donors (Lipinski definition) is 2. The summed E-state index contributed by atoms with van der Waals surface area (Å²) < 4.78 is 67.6. The normalized spacial score (nSPS) is 16.8. The number of benzene rings is 3. The van der Waals surface area contributed by atoms with E-state index in [-0.39, 0.29) is 23.1 Å². The Balaban J connectivity index is 0.000000515. The van der Waals surface area contributed by atoms with Gasteiger partial charge < -0.3 is 24.6 Å². The zero-order valence-corrected chi connectivity index (χ0v) is 24.4. The molecule has 6 rings (SSSR count). The van der Waals surface area contributed by atoms with Crippen LogP contribution >= 0.6 is 0 Å². The van der Waals surface area contributed by atoms with Crippen molar-refractivity contribution in [3.63, 3.8) is 0 Å². The number of nitrogens with zero attached hydrogens (tertiary/aromatic N) is 2. The molecule has 0 spiro atoms. The SMILES string of the molecule is COc1ccc(F)cc1-c1cccc(CNC2CCN(CC3Cn4c(=O)ccc5ccc(F)c3c54)CC2)c1.O=C(O)C(F)(F)F. The molecule has 1 atom stereocenters. The number of hydrogen-bond acceptors (Lipinski definition) is 5. The highest BCUT2D eigenvalue weighted by molar-refractivity contribution is 5.84. The van der Waals surface area contributed by atoms with Crippen LogP contribution in [0.1, 0.15) is 29.9 Å². The Morgan fingerprint density at radius 2 is 1.73 bits per heavy atom. The summed E-state index contributed by atoms with van der Waals surface area (Å²) in [6, 6.07) is 19.7. The second kappa shape index (κ2) is 13.4. The predicted molar refractivity (Wildman–Crippen MR) is 159 cm³/mol. The second-order valence-corrected chi connectivity index (χ2v) is 11.2. The number of carboxylic acids is 1. The first-order chi connectivity index (χ1) is 21.4. The number of rotatable bonds is 7. The summed E-state index contributed by atoms with van der Waals surface area (Å²) in [5.41, 5.74) is 4.19. The summed E-state index contributed by atoms with van der Waals surface area (Å²) in [7, 11) is 1.59. The molecule has 2 aliphatic heterocycles. The molecule has 1 unspecified atom stereocenters. The topological polar surface area (TPSA) is 83.8 Å². The van der Waals surface area contributed by atoms with E-state index in [4.69, 9.17) is 14.6 Å². The number of aliphatic carboxylic acids is 1. The van der Waals surface area contributed by atoms with Gasteiger partial charge in [0.25, 0.3) is 5.56 Å². The van der Waals surface area contributed by atoms with Gasteiger partial charge in [-0.15, -0.1) is 0 Å². The fourth-order valence-electron chi connectivity index (χ4n) is 6.08. The molecule has 3 heterocycles. The molecule has 7 nitrogen and oxygen atoms in total. The summed E-state index contributed by atoms with van der Waals surface area (Å²) >= 11 is 0. The van der Waals surface area contributed by atoms with E-state index in [0.717, 1.165) is 66.6 Å². The Morgan fingerprint density at radius 1 is 1.02 bits per heavy atom. The van der Waals surface area contributed by atoms with Crippen molar-refractivity contribution >= 4 is 16.9 Å². The lowest BCUT2D eigenvalue weighted by molar-refractivity contribution is -0.192. The van der Waals surface area contributed by atoms with Gasteiger partial charge in [0.15, 0.2) is 0 Å². The Bertz CT molecular complexity index is 1750. The fraction of sp³-hybridized carbons (Fsp3) is 0.333. The van der Waals surface area contributed by atoms with Crippen molar-refractivity contribution in [2.45, 2.75) is 44.1 Å². The summed E-state index contributed by atoms with van der Waals surface area (Å²) in [5, 5.41) is 11.7. The number of aromatic nitrogens is 1. The lowest BCUT2D eigenvalue weighted by Crippen LogP contribution is -2.43. The van der Waals surface area contributed by atoms with Gasteiger partial charge in [-0.05, 0) is 84.9 Å². The highest BCUT2D eigenvalue weighted by Gasteiger charge is 2.38. The van der Waals surface area contributed by atoms with Crippen LogP contribution in [0.5, 0.6) is 5.75 Å². The van der Waals surface area contributed by atoms with Gasteiger partial charge in [-0.25, -0.2) is 13.6 Å². The second-order valence-electron chi connectivity index (χ2n) is 11.2. The molecule has 3 aromatic carbocycles. The number of ether oxygens (including phenoxy) is 1. The Hall–Kier alpha value is -4.29. The van der Waals surface area contributed by atoms with E-state index in [1.165, 1.54) is 18.2 Å². The number of pyridine rings is 1. The van der Waals surface area contributed by atoms with Gasteiger partial charge >= 0.3 is 12.1 Å². The quantitative estimate of drug-likeness (QED) is 0.246. The lowest BCUT2D eigenvalue weighted by Gasteiger charge is -2.34. The van der Waals surface area contributed by atoms with Crippen LogP contribution in [0.4, 0.5) is 22.0 Å². The van der Waals surface area contributed by atoms with Crippen molar-refractivity contribution in [2.75, 3.05) is 26.7 Å². The molecule has 1 aromatic heterocycles. The van der Waals surface area contributed by atoms with Gasteiger partial charge in [0.05, 0.1) is 12.6 Å². The highest BCUT2D eigenvalue weighted by Crippen LogP contribution is 2.36. The van der Waals surface area contributed by atoms with Gasteiger partial charge in [0.2, 0.25) is 0 Å². The molecule has 0 aliphatic carbocycles. The van der Waals surface area contributed by atoms with E-state index in [1.54, 1.807) is 35.9 Å². The number of nitrogens with one attached hydrogen (secondary N) is 1. The van der Waals surface area contributed by atoms with Crippen LogP contribution in [0.25, 0.3) is 22.0 Å². The van der Waals surface area contributed by atoms with Crippen LogP contribution in [0.3, 0.4) is 0 Å². The molecule has 0 radical (unpaired) electrons. The van der Waals surface area contributed by atoms with Crippen molar-refractivity contribution < 1.29 is 36.6 Å². The number of carboxylic acid groups (broad SMARTS) is 1. The van der Waals surface area contributed by atoms with E-state index in [9.17, 15) is 26.7 Å². The third-order valence-electron chi connectivity index (χ3n) is 8.25. The van der Waals surface area contributed by atoms with E-state index < -0.39 is 12.1 Å². The fourth-order valence-corrected chi connectivity index (χ4v) is 6.08. The number of likely N-dealkylation sites (tertiary alicyclic amines) is 1. The molecule has 1 saturated heterocycles. The number of halogens is 5. The maximum atomic E-state index is 14.8. The molecule has 45 heavy (non-hydrogen) atoms. The summed E-state index contributed by atoms with van der Waals surface area (Å²) in [6.07, 6.45) is -3.08. The first kappa shape index (κ1) is 32.1. The Morgan fingerprint density at radius 3 is 2.42 bits per heavy atom. The number of piperidine rings is 1. The minimum atomic E-state index is -5.08. The van der Waals surface area contributed by atoms with Crippen LogP contribution in [0, 0.1) is 11.6 Å². The molecule has 4 aromatic rings. The zero-order valence-electron chi connectivity index (χ0n) is 24.4. The standard InChI is InChI=1S/C31H31F2N3O2.C2HF3O2/c1-38-28-9-7-24(32)16-26(28)22-4-2-3-20(15-22)17-34-25-11-13-35(14-12-25)18-23-19-36-29(37)10-6-21-5-8-27(33)30(23)31(21)36;3-2(4,5)1(6)7/h2-10,15-16,23,25,34H,11-14,17-19H2,1H3;(H,6,7).